The number of carbonyl (C=O) groups excluding carboxylic acids is 3. The van der Waals surface area contributed by atoms with Gasteiger partial charge in [-0.05, 0) is 6.92 Å². The van der Waals surface area contributed by atoms with Gasteiger partial charge < -0.3 is 20.1 Å². The summed E-state index contributed by atoms with van der Waals surface area (Å²) in [6.07, 6.45) is 0.602. The van der Waals surface area contributed by atoms with Gasteiger partial charge in [-0.3, -0.25) is 4.79 Å². The van der Waals surface area contributed by atoms with Gasteiger partial charge in [0.2, 0.25) is 0 Å². The predicted octanol–water partition coefficient (Wildman–Crippen LogP) is -0.0336. The lowest BCUT2D eigenvalue weighted by Crippen LogP contribution is -2.41. The zero-order chi connectivity index (χ0) is 14.0. The number of nitrogens with one attached hydrogen (secondary N) is 2. The van der Waals surface area contributed by atoms with Gasteiger partial charge in [0, 0.05) is 13.0 Å². The van der Waals surface area contributed by atoms with Crippen LogP contribution in [0.3, 0.4) is 0 Å². The fourth-order valence-corrected chi connectivity index (χ4v) is 0.946. The molecule has 0 saturated heterocycles. The third-order valence-electron chi connectivity index (χ3n) is 1.73. The Labute approximate surface area is 106 Å². The third kappa shape index (κ3) is 9.20. The van der Waals surface area contributed by atoms with E-state index in [0.717, 1.165) is 6.08 Å². The Kier molecular flexibility index (Phi) is 8.00. The van der Waals surface area contributed by atoms with Gasteiger partial charge >= 0.3 is 18.0 Å². The molecule has 7 nitrogen and oxygen atoms in total. The maximum atomic E-state index is 11.2. The van der Waals surface area contributed by atoms with Crippen molar-refractivity contribution in [1.29, 1.82) is 0 Å². The average Bonchev–Trinajstić information content (AvgIpc) is 2.31. The molecule has 0 fully saturated rings. The van der Waals surface area contributed by atoms with Gasteiger partial charge in [0.05, 0.1) is 13.1 Å². The minimum atomic E-state index is -0.542. The molecule has 0 bridgehead atoms. The molecule has 18 heavy (non-hydrogen) atoms. The second kappa shape index (κ2) is 9.03. The molecule has 7 heteroatoms. The van der Waals surface area contributed by atoms with Crippen LogP contribution in [0.4, 0.5) is 4.79 Å². The second-order valence-electron chi connectivity index (χ2n) is 3.43. The molecule has 0 aliphatic carbocycles. The first kappa shape index (κ1) is 16.0. The van der Waals surface area contributed by atoms with E-state index in [1.165, 1.54) is 6.92 Å². The van der Waals surface area contributed by atoms with Crippen LogP contribution in [0.2, 0.25) is 0 Å². The molecule has 102 valence electrons. The van der Waals surface area contributed by atoms with Crippen molar-refractivity contribution in [3.8, 4) is 0 Å². The summed E-state index contributed by atoms with van der Waals surface area (Å²) in [5.41, 5.74) is 0. The monoisotopic (exact) mass is 258 g/mol. The fraction of sp³-hybridized carbons (Fsp3) is 0.545. The van der Waals surface area contributed by atoms with E-state index >= 15 is 0 Å². The summed E-state index contributed by atoms with van der Waals surface area (Å²) >= 11 is 0. The highest BCUT2D eigenvalue weighted by molar-refractivity contribution is 5.81. The maximum absolute atomic E-state index is 11.2. The van der Waals surface area contributed by atoms with Crippen LogP contribution in [0.15, 0.2) is 12.7 Å². The number of esters is 2. The lowest BCUT2D eigenvalue weighted by molar-refractivity contribution is -0.142. The van der Waals surface area contributed by atoms with Gasteiger partial charge in [0.1, 0.15) is 12.7 Å². The number of urea groups is 1. The normalized spacial score (nSPS) is 11.0. The molecule has 0 aliphatic rings. The summed E-state index contributed by atoms with van der Waals surface area (Å²) < 4.78 is 9.46. The van der Waals surface area contributed by atoms with Crippen LogP contribution in [0.5, 0.6) is 0 Å². The lowest BCUT2D eigenvalue weighted by atomic mass is 10.4. The largest absolute Gasteiger partial charge is 0.464 e. The molecule has 0 heterocycles. The van der Waals surface area contributed by atoms with Gasteiger partial charge in [0.25, 0.3) is 0 Å². The molecular weight excluding hydrogens is 240 g/mol. The van der Waals surface area contributed by atoms with Crippen molar-refractivity contribution in [2.24, 2.45) is 0 Å². The van der Waals surface area contributed by atoms with Crippen LogP contribution >= 0.6 is 0 Å². The van der Waals surface area contributed by atoms with Gasteiger partial charge in [-0.25, -0.2) is 9.59 Å². The van der Waals surface area contributed by atoms with E-state index in [-0.39, 0.29) is 19.7 Å². The van der Waals surface area contributed by atoms with Crippen LogP contribution in [0.25, 0.3) is 0 Å². The standard InChI is InChI=1S/C11H18N2O5/c1-4-10(15)18-8(2)7-13-11(16)12-5-6-17-9(3)14/h4,8H,1,5-7H2,2-3H3,(H2,12,13,16). The zero-order valence-electron chi connectivity index (χ0n) is 10.5. The summed E-state index contributed by atoms with van der Waals surface area (Å²) in [6.45, 7) is 6.69. The van der Waals surface area contributed by atoms with Crippen molar-refractivity contribution in [3.63, 3.8) is 0 Å². The Morgan fingerprint density at radius 1 is 1.33 bits per heavy atom. The molecule has 0 aromatic heterocycles. The first-order valence-corrected chi connectivity index (χ1v) is 5.43. The van der Waals surface area contributed by atoms with Crippen LogP contribution in [-0.2, 0) is 19.1 Å². The van der Waals surface area contributed by atoms with E-state index in [1.54, 1.807) is 6.92 Å². The number of hydrogen-bond donors (Lipinski definition) is 2. The molecule has 2 N–H and O–H groups in total. The Morgan fingerprint density at radius 2 is 2.00 bits per heavy atom. The fourth-order valence-electron chi connectivity index (χ4n) is 0.946. The molecule has 0 rings (SSSR count). The van der Waals surface area contributed by atoms with Crippen molar-refractivity contribution >= 4 is 18.0 Å². The number of amides is 2. The van der Waals surface area contributed by atoms with Crippen molar-refractivity contribution in [2.45, 2.75) is 20.0 Å². The Morgan fingerprint density at radius 3 is 2.56 bits per heavy atom. The van der Waals surface area contributed by atoms with Gasteiger partial charge in [-0.1, -0.05) is 6.58 Å². The van der Waals surface area contributed by atoms with Gasteiger partial charge in [0.15, 0.2) is 0 Å². The van der Waals surface area contributed by atoms with Gasteiger partial charge in [-0.2, -0.15) is 0 Å². The highest BCUT2D eigenvalue weighted by atomic mass is 16.5. The minimum Gasteiger partial charge on any atom is -0.464 e. The zero-order valence-corrected chi connectivity index (χ0v) is 10.5. The molecule has 1 atom stereocenters. The van der Waals surface area contributed by atoms with E-state index in [2.05, 4.69) is 21.9 Å². The number of hydrogen-bond acceptors (Lipinski definition) is 5. The molecule has 0 spiro atoms. The van der Waals surface area contributed by atoms with Crippen molar-refractivity contribution in [1.82, 2.24) is 10.6 Å². The van der Waals surface area contributed by atoms with E-state index < -0.39 is 24.1 Å². The Balaban J connectivity index is 3.60. The Bertz CT molecular complexity index is 317. The van der Waals surface area contributed by atoms with Crippen LogP contribution in [0, 0.1) is 0 Å². The van der Waals surface area contributed by atoms with E-state index in [0.29, 0.717) is 0 Å². The number of rotatable bonds is 7. The first-order chi connectivity index (χ1) is 8.45. The molecular formula is C11H18N2O5. The SMILES string of the molecule is C=CC(=O)OC(C)CNC(=O)NCCOC(C)=O. The topological polar surface area (TPSA) is 93.7 Å². The minimum absolute atomic E-state index is 0.115. The quantitative estimate of drug-likeness (QED) is 0.380. The van der Waals surface area contributed by atoms with E-state index in [4.69, 9.17) is 4.74 Å². The van der Waals surface area contributed by atoms with Crippen LogP contribution < -0.4 is 10.6 Å². The molecule has 0 aromatic carbocycles. The summed E-state index contributed by atoms with van der Waals surface area (Å²) in [6, 6.07) is -0.427. The summed E-state index contributed by atoms with van der Waals surface area (Å²) in [7, 11) is 0. The maximum Gasteiger partial charge on any atom is 0.330 e. The van der Waals surface area contributed by atoms with Crippen molar-refractivity contribution < 1.29 is 23.9 Å². The van der Waals surface area contributed by atoms with Gasteiger partial charge in [-0.15, -0.1) is 0 Å². The first-order valence-electron chi connectivity index (χ1n) is 5.43. The average molecular weight is 258 g/mol. The molecule has 1 unspecified atom stereocenters. The number of carbonyl (C=O) groups is 3. The highest BCUT2D eigenvalue weighted by Crippen LogP contribution is 1.90. The predicted molar refractivity (Wildman–Crippen MR) is 63.8 cm³/mol. The smallest absolute Gasteiger partial charge is 0.330 e. The summed E-state index contributed by atoms with van der Waals surface area (Å²) in [5, 5.41) is 4.97. The molecule has 0 radical (unpaired) electrons. The van der Waals surface area contributed by atoms with E-state index in [1.807, 2.05) is 0 Å². The molecule has 0 aromatic rings. The molecule has 2 amide bonds. The summed E-state index contributed by atoms with van der Waals surface area (Å²) in [5.74, 6) is -0.943. The van der Waals surface area contributed by atoms with Crippen LogP contribution in [-0.4, -0.2) is 43.8 Å². The van der Waals surface area contributed by atoms with Crippen LogP contribution in [0.1, 0.15) is 13.8 Å². The highest BCUT2D eigenvalue weighted by Gasteiger charge is 2.08. The second-order valence-corrected chi connectivity index (χ2v) is 3.43. The molecule has 0 aliphatic heterocycles. The van der Waals surface area contributed by atoms with Crippen molar-refractivity contribution in [2.75, 3.05) is 19.7 Å². The third-order valence-corrected chi connectivity index (χ3v) is 1.73. The summed E-state index contributed by atoms with van der Waals surface area (Å²) in [4.78, 5) is 32.5. The Hall–Kier alpha value is -2.05. The van der Waals surface area contributed by atoms with E-state index in [9.17, 15) is 14.4 Å². The number of ether oxygens (including phenoxy) is 2. The lowest BCUT2D eigenvalue weighted by Gasteiger charge is -2.13. The molecule has 0 saturated carbocycles. The van der Waals surface area contributed by atoms with Crippen molar-refractivity contribution in [3.05, 3.63) is 12.7 Å².